The Morgan fingerprint density at radius 2 is 1.96 bits per heavy atom. The second kappa shape index (κ2) is 8.97. The fourth-order valence-electron chi connectivity index (χ4n) is 3.94. The van der Waals surface area contributed by atoms with Crippen molar-refractivity contribution in [3.05, 3.63) is 17.5 Å². The first-order chi connectivity index (χ1) is 12.6. The molecule has 0 bridgehead atoms. The second-order valence-electron chi connectivity index (χ2n) is 7.70. The highest BCUT2D eigenvalue weighted by molar-refractivity contribution is 5.92. The molecule has 3 heterocycles. The fourth-order valence-corrected chi connectivity index (χ4v) is 3.94. The van der Waals surface area contributed by atoms with E-state index in [2.05, 4.69) is 33.8 Å². The molecule has 146 valence electrons. The van der Waals surface area contributed by atoms with Crippen molar-refractivity contribution in [3.8, 4) is 0 Å². The number of carbonyl (C=O) groups excluding carboxylic acids is 1. The Labute approximate surface area is 156 Å². The molecule has 0 unspecified atom stereocenters. The lowest BCUT2D eigenvalue weighted by atomic mass is 10.0. The molecule has 0 aromatic carbocycles. The van der Waals surface area contributed by atoms with Gasteiger partial charge in [0.25, 0.3) is 5.91 Å². The third-order valence-corrected chi connectivity index (χ3v) is 5.82. The molecule has 0 N–H and O–H groups in total. The summed E-state index contributed by atoms with van der Waals surface area (Å²) >= 11 is 0. The van der Waals surface area contributed by atoms with Crippen LogP contribution in [0.25, 0.3) is 0 Å². The quantitative estimate of drug-likeness (QED) is 0.761. The average Bonchev–Trinajstić information content (AvgIpc) is 3.12. The number of hydrogen-bond donors (Lipinski definition) is 0. The summed E-state index contributed by atoms with van der Waals surface area (Å²) in [6.07, 6.45) is 3.65. The molecular weight excluding hydrogens is 330 g/mol. The van der Waals surface area contributed by atoms with Gasteiger partial charge >= 0.3 is 0 Å². The van der Waals surface area contributed by atoms with Gasteiger partial charge in [-0.2, -0.15) is 0 Å². The van der Waals surface area contributed by atoms with E-state index in [-0.39, 0.29) is 5.91 Å². The van der Waals surface area contributed by atoms with E-state index in [0.717, 1.165) is 64.5 Å². The van der Waals surface area contributed by atoms with Gasteiger partial charge in [0.1, 0.15) is 0 Å². The lowest BCUT2D eigenvalue weighted by Gasteiger charge is -2.34. The summed E-state index contributed by atoms with van der Waals surface area (Å²) in [6.45, 7) is 10.2. The number of piperazine rings is 1. The van der Waals surface area contributed by atoms with Crippen LogP contribution in [0, 0.1) is 0 Å². The zero-order chi connectivity index (χ0) is 18.5. The van der Waals surface area contributed by atoms with Crippen LogP contribution in [0.2, 0.25) is 0 Å². The SMILES string of the molecule is CCN1CCN(Cc2cc(C(=O)N(C)C[C@@H]3CCCCN3C)no2)CC1. The van der Waals surface area contributed by atoms with E-state index in [9.17, 15) is 4.79 Å². The minimum absolute atomic E-state index is 0.0465. The number of amides is 1. The molecule has 0 spiro atoms. The molecule has 1 atom stereocenters. The van der Waals surface area contributed by atoms with Gasteiger partial charge in [-0.15, -0.1) is 0 Å². The molecule has 0 radical (unpaired) electrons. The standard InChI is InChI=1S/C19H33N5O2/c1-4-23-9-11-24(12-10-23)15-17-13-18(20-26-17)19(25)22(3)14-16-7-5-6-8-21(16)2/h13,16H,4-12,14-15H2,1-3H3/t16-/m0/s1. The molecule has 0 aliphatic carbocycles. The lowest BCUT2D eigenvalue weighted by Crippen LogP contribution is -2.45. The smallest absolute Gasteiger partial charge is 0.275 e. The van der Waals surface area contributed by atoms with Gasteiger partial charge in [-0.25, -0.2) is 0 Å². The van der Waals surface area contributed by atoms with Crippen LogP contribution in [0.4, 0.5) is 0 Å². The number of carbonyl (C=O) groups is 1. The summed E-state index contributed by atoms with van der Waals surface area (Å²) in [5.41, 5.74) is 0.424. The van der Waals surface area contributed by atoms with Crippen LogP contribution in [0.15, 0.2) is 10.6 Å². The topological polar surface area (TPSA) is 56.1 Å². The van der Waals surface area contributed by atoms with Gasteiger partial charge in [-0.1, -0.05) is 18.5 Å². The first-order valence-corrected chi connectivity index (χ1v) is 9.92. The first-order valence-electron chi connectivity index (χ1n) is 9.92. The summed E-state index contributed by atoms with van der Waals surface area (Å²) in [6, 6.07) is 2.26. The number of aromatic nitrogens is 1. The summed E-state index contributed by atoms with van der Waals surface area (Å²) in [7, 11) is 4.01. The van der Waals surface area contributed by atoms with Gasteiger partial charge in [0.2, 0.25) is 0 Å². The van der Waals surface area contributed by atoms with Gasteiger partial charge in [-0.05, 0) is 33.0 Å². The molecule has 1 amide bonds. The number of piperidine rings is 1. The zero-order valence-corrected chi connectivity index (χ0v) is 16.5. The third-order valence-electron chi connectivity index (χ3n) is 5.82. The molecule has 1 aromatic rings. The predicted octanol–water partition coefficient (Wildman–Crippen LogP) is 1.37. The van der Waals surface area contributed by atoms with Crippen LogP contribution in [-0.4, -0.2) is 96.6 Å². The van der Waals surface area contributed by atoms with Crippen molar-refractivity contribution in [1.82, 2.24) is 24.8 Å². The highest BCUT2D eigenvalue weighted by atomic mass is 16.5. The Morgan fingerprint density at radius 3 is 2.65 bits per heavy atom. The van der Waals surface area contributed by atoms with Gasteiger partial charge < -0.3 is 19.2 Å². The maximum Gasteiger partial charge on any atom is 0.275 e. The molecule has 1 aromatic heterocycles. The molecular formula is C19H33N5O2. The number of rotatable bonds is 6. The van der Waals surface area contributed by atoms with Crippen LogP contribution in [0.3, 0.4) is 0 Å². The van der Waals surface area contributed by atoms with Gasteiger partial charge in [0.05, 0.1) is 6.54 Å². The Bertz CT molecular complexity index is 582. The minimum Gasteiger partial charge on any atom is -0.359 e. The summed E-state index contributed by atoms with van der Waals surface area (Å²) in [4.78, 5) is 21.6. The minimum atomic E-state index is -0.0465. The molecule has 2 fully saturated rings. The number of nitrogens with zero attached hydrogens (tertiary/aromatic N) is 5. The van der Waals surface area contributed by atoms with Crippen molar-refractivity contribution in [2.45, 2.75) is 38.8 Å². The van der Waals surface area contributed by atoms with E-state index in [1.807, 2.05) is 13.1 Å². The lowest BCUT2D eigenvalue weighted by molar-refractivity contribution is 0.0707. The summed E-state index contributed by atoms with van der Waals surface area (Å²) in [5.74, 6) is 0.733. The number of likely N-dealkylation sites (tertiary alicyclic amines) is 1. The third kappa shape index (κ3) is 4.84. The Hall–Kier alpha value is -1.44. The molecule has 2 aliphatic rings. The monoisotopic (exact) mass is 363 g/mol. The van der Waals surface area contributed by atoms with E-state index in [1.165, 1.54) is 12.8 Å². The highest BCUT2D eigenvalue weighted by Gasteiger charge is 2.25. The molecule has 0 saturated carbocycles. The van der Waals surface area contributed by atoms with Crippen LogP contribution in [0.1, 0.15) is 42.4 Å². The molecule has 3 rings (SSSR count). The van der Waals surface area contributed by atoms with E-state index < -0.39 is 0 Å². The average molecular weight is 364 g/mol. The molecule has 2 aliphatic heterocycles. The van der Waals surface area contributed by atoms with Crippen molar-refractivity contribution >= 4 is 5.91 Å². The van der Waals surface area contributed by atoms with E-state index in [0.29, 0.717) is 11.7 Å². The van der Waals surface area contributed by atoms with Crippen LogP contribution < -0.4 is 0 Å². The van der Waals surface area contributed by atoms with Gasteiger partial charge in [0, 0.05) is 51.9 Å². The van der Waals surface area contributed by atoms with E-state index >= 15 is 0 Å². The van der Waals surface area contributed by atoms with Crippen molar-refractivity contribution in [3.63, 3.8) is 0 Å². The van der Waals surface area contributed by atoms with Crippen molar-refractivity contribution < 1.29 is 9.32 Å². The second-order valence-corrected chi connectivity index (χ2v) is 7.70. The fraction of sp³-hybridized carbons (Fsp3) is 0.789. The van der Waals surface area contributed by atoms with Crippen molar-refractivity contribution in [2.24, 2.45) is 0 Å². The summed E-state index contributed by atoms with van der Waals surface area (Å²) in [5, 5.41) is 4.03. The normalized spacial score (nSPS) is 23.3. The van der Waals surface area contributed by atoms with E-state index in [4.69, 9.17) is 4.52 Å². The number of likely N-dealkylation sites (N-methyl/N-ethyl adjacent to an activating group) is 3. The zero-order valence-electron chi connectivity index (χ0n) is 16.5. The maximum absolute atomic E-state index is 12.7. The summed E-state index contributed by atoms with van der Waals surface area (Å²) < 4.78 is 5.44. The Kier molecular flexibility index (Phi) is 6.67. The molecule has 26 heavy (non-hydrogen) atoms. The van der Waals surface area contributed by atoms with Crippen molar-refractivity contribution in [2.75, 3.05) is 59.9 Å². The number of hydrogen-bond acceptors (Lipinski definition) is 6. The first kappa shape index (κ1) is 19.3. The van der Waals surface area contributed by atoms with Crippen LogP contribution >= 0.6 is 0 Å². The van der Waals surface area contributed by atoms with Gasteiger partial charge in [0.15, 0.2) is 11.5 Å². The predicted molar refractivity (Wildman–Crippen MR) is 101 cm³/mol. The van der Waals surface area contributed by atoms with Crippen molar-refractivity contribution in [1.29, 1.82) is 0 Å². The Morgan fingerprint density at radius 1 is 1.23 bits per heavy atom. The van der Waals surface area contributed by atoms with E-state index in [1.54, 1.807) is 4.90 Å². The van der Waals surface area contributed by atoms with Crippen LogP contribution in [0.5, 0.6) is 0 Å². The molecule has 7 nitrogen and oxygen atoms in total. The molecule has 7 heteroatoms. The van der Waals surface area contributed by atoms with Gasteiger partial charge in [-0.3, -0.25) is 9.69 Å². The largest absolute Gasteiger partial charge is 0.359 e. The maximum atomic E-state index is 12.7. The Balaban J connectivity index is 1.51. The molecule has 2 saturated heterocycles. The highest BCUT2D eigenvalue weighted by Crippen LogP contribution is 2.17. The van der Waals surface area contributed by atoms with Crippen LogP contribution in [-0.2, 0) is 6.54 Å².